The fourth-order valence-electron chi connectivity index (χ4n) is 1.77. The van der Waals surface area contributed by atoms with Crippen molar-refractivity contribution in [2.45, 2.75) is 19.0 Å². The van der Waals surface area contributed by atoms with Gasteiger partial charge in [0.2, 0.25) is 0 Å². The molecule has 0 aromatic rings. The van der Waals surface area contributed by atoms with Crippen molar-refractivity contribution in [1.82, 2.24) is 4.90 Å². The van der Waals surface area contributed by atoms with Crippen LogP contribution >= 0.6 is 0 Å². The van der Waals surface area contributed by atoms with Crippen LogP contribution in [0.1, 0.15) is 12.8 Å². The molecule has 3 nitrogen and oxygen atoms in total. The average Bonchev–Trinajstić information content (AvgIpc) is 2.24. The Hall–Kier alpha value is -0.330. The van der Waals surface area contributed by atoms with E-state index in [1.807, 2.05) is 0 Å². The zero-order valence-electron chi connectivity index (χ0n) is 9.17. The third-order valence-electron chi connectivity index (χ3n) is 2.78. The summed E-state index contributed by atoms with van der Waals surface area (Å²) < 4.78 is 39.8. The first-order valence-corrected chi connectivity index (χ1v) is 5.49. The number of ether oxygens (including phenoxy) is 1. The summed E-state index contributed by atoms with van der Waals surface area (Å²) in [5.41, 5.74) is 0. The van der Waals surface area contributed by atoms with E-state index in [9.17, 15) is 13.2 Å². The monoisotopic (exact) mass is 241 g/mol. The number of piperidine rings is 1. The van der Waals surface area contributed by atoms with Gasteiger partial charge in [-0.25, -0.2) is 0 Å². The third kappa shape index (κ3) is 5.67. The molecule has 0 aromatic carbocycles. The maximum Gasteiger partial charge on any atom is 0.411 e. The van der Waals surface area contributed by atoms with Gasteiger partial charge in [0, 0.05) is 13.2 Å². The summed E-state index contributed by atoms with van der Waals surface area (Å²) in [6.07, 6.45) is -2.41. The van der Waals surface area contributed by atoms with Crippen LogP contribution in [0.5, 0.6) is 0 Å². The smallest absolute Gasteiger partial charge is 0.396 e. The van der Waals surface area contributed by atoms with Gasteiger partial charge in [0.1, 0.15) is 6.61 Å². The molecule has 16 heavy (non-hydrogen) atoms. The van der Waals surface area contributed by atoms with Crippen molar-refractivity contribution in [3.8, 4) is 0 Å². The van der Waals surface area contributed by atoms with Crippen molar-refractivity contribution in [2.24, 2.45) is 5.92 Å². The topological polar surface area (TPSA) is 32.7 Å². The molecule has 1 rings (SSSR count). The first-order chi connectivity index (χ1) is 7.51. The Morgan fingerprint density at radius 1 is 1.25 bits per heavy atom. The number of aliphatic hydroxyl groups is 1. The minimum Gasteiger partial charge on any atom is -0.396 e. The SMILES string of the molecule is OCC1CCN(CCOCC(F)(F)F)CC1. The molecule has 0 atom stereocenters. The summed E-state index contributed by atoms with van der Waals surface area (Å²) in [5, 5.41) is 8.91. The second-order valence-corrected chi connectivity index (χ2v) is 4.14. The highest BCUT2D eigenvalue weighted by molar-refractivity contribution is 4.71. The number of rotatable bonds is 5. The lowest BCUT2D eigenvalue weighted by molar-refractivity contribution is -0.174. The van der Waals surface area contributed by atoms with Crippen LogP contribution in [0.4, 0.5) is 13.2 Å². The van der Waals surface area contributed by atoms with Crippen molar-refractivity contribution < 1.29 is 23.0 Å². The standard InChI is InChI=1S/C10H18F3NO2/c11-10(12,13)8-16-6-5-14-3-1-9(7-15)2-4-14/h9,15H,1-8H2. The molecule has 0 unspecified atom stereocenters. The fourth-order valence-corrected chi connectivity index (χ4v) is 1.77. The zero-order valence-corrected chi connectivity index (χ0v) is 9.17. The predicted octanol–water partition coefficient (Wildman–Crippen LogP) is 1.27. The molecular formula is C10H18F3NO2. The number of aliphatic hydroxyl groups excluding tert-OH is 1. The third-order valence-corrected chi connectivity index (χ3v) is 2.78. The fraction of sp³-hybridized carbons (Fsp3) is 1.00. The van der Waals surface area contributed by atoms with E-state index in [0.717, 1.165) is 25.9 Å². The number of hydrogen-bond donors (Lipinski definition) is 1. The summed E-state index contributed by atoms with van der Waals surface area (Å²) in [6, 6.07) is 0. The summed E-state index contributed by atoms with van der Waals surface area (Å²) in [7, 11) is 0. The van der Waals surface area contributed by atoms with Crippen LogP contribution in [0.25, 0.3) is 0 Å². The highest BCUT2D eigenvalue weighted by Crippen LogP contribution is 2.16. The van der Waals surface area contributed by atoms with Crippen molar-refractivity contribution in [3.05, 3.63) is 0 Å². The Labute approximate surface area is 93.2 Å². The summed E-state index contributed by atoms with van der Waals surface area (Å²) in [4.78, 5) is 2.07. The molecule has 0 amide bonds. The van der Waals surface area contributed by atoms with Gasteiger partial charge in [-0.1, -0.05) is 0 Å². The van der Waals surface area contributed by atoms with Crippen LogP contribution in [-0.4, -0.2) is 55.6 Å². The Bertz CT molecular complexity index is 191. The number of halogens is 3. The van der Waals surface area contributed by atoms with Crippen molar-refractivity contribution in [1.29, 1.82) is 0 Å². The minimum atomic E-state index is -4.23. The number of likely N-dealkylation sites (tertiary alicyclic amines) is 1. The average molecular weight is 241 g/mol. The van der Waals surface area contributed by atoms with Crippen LogP contribution in [-0.2, 0) is 4.74 Å². The molecular weight excluding hydrogens is 223 g/mol. The van der Waals surface area contributed by atoms with Crippen molar-refractivity contribution >= 4 is 0 Å². The molecule has 1 saturated heterocycles. The molecule has 1 aliphatic heterocycles. The van der Waals surface area contributed by atoms with Gasteiger partial charge in [0.15, 0.2) is 0 Å². The van der Waals surface area contributed by atoms with E-state index < -0.39 is 12.8 Å². The second kappa shape index (κ2) is 6.42. The lowest BCUT2D eigenvalue weighted by atomic mass is 9.98. The molecule has 0 aliphatic carbocycles. The number of nitrogens with zero attached hydrogens (tertiary/aromatic N) is 1. The summed E-state index contributed by atoms with van der Waals surface area (Å²) in [6.45, 7) is 1.36. The van der Waals surface area contributed by atoms with Gasteiger partial charge >= 0.3 is 6.18 Å². The maximum absolute atomic E-state index is 11.8. The highest BCUT2D eigenvalue weighted by Gasteiger charge is 2.27. The molecule has 1 fully saturated rings. The highest BCUT2D eigenvalue weighted by atomic mass is 19.4. The van der Waals surface area contributed by atoms with Gasteiger partial charge in [-0.3, -0.25) is 0 Å². The van der Waals surface area contributed by atoms with Gasteiger partial charge in [-0.05, 0) is 31.8 Å². The number of hydrogen-bond acceptors (Lipinski definition) is 3. The normalized spacial score (nSPS) is 20.2. The van der Waals surface area contributed by atoms with Gasteiger partial charge in [-0.15, -0.1) is 0 Å². The van der Waals surface area contributed by atoms with Gasteiger partial charge in [0.25, 0.3) is 0 Å². The lowest BCUT2D eigenvalue weighted by Gasteiger charge is -2.30. The molecule has 0 spiro atoms. The van der Waals surface area contributed by atoms with E-state index in [-0.39, 0.29) is 13.2 Å². The van der Waals surface area contributed by atoms with E-state index in [1.54, 1.807) is 0 Å². The quantitative estimate of drug-likeness (QED) is 0.736. The first-order valence-electron chi connectivity index (χ1n) is 5.49. The molecule has 0 bridgehead atoms. The van der Waals surface area contributed by atoms with Crippen molar-refractivity contribution in [3.63, 3.8) is 0 Å². The van der Waals surface area contributed by atoms with Gasteiger partial charge in [-0.2, -0.15) is 13.2 Å². The number of alkyl halides is 3. The van der Waals surface area contributed by atoms with Crippen LogP contribution in [0, 0.1) is 5.92 Å². The molecule has 96 valence electrons. The lowest BCUT2D eigenvalue weighted by Crippen LogP contribution is -2.37. The molecule has 0 radical (unpaired) electrons. The molecule has 1 heterocycles. The molecule has 1 N–H and O–H groups in total. The summed E-state index contributed by atoms with van der Waals surface area (Å²) >= 11 is 0. The van der Waals surface area contributed by atoms with Crippen LogP contribution < -0.4 is 0 Å². The van der Waals surface area contributed by atoms with Gasteiger partial charge < -0.3 is 14.7 Å². The van der Waals surface area contributed by atoms with Crippen LogP contribution in [0.15, 0.2) is 0 Å². The largest absolute Gasteiger partial charge is 0.411 e. The second-order valence-electron chi connectivity index (χ2n) is 4.14. The molecule has 1 aliphatic rings. The molecule has 0 saturated carbocycles. The van der Waals surface area contributed by atoms with E-state index >= 15 is 0 Å². The Morgan fingerprint density at radius 2 is 1.88 bits per heavy atom. The van der Waals surface area contributed by atoms with Crippen LogP contribution in [0.2, 0.25) is 0 Å². The summed E-state index contributed by atoms with van der Waals surface area (Å²) in [5.74, 6) is 0.354. The maximum atomic E-state index is 11.8. The van der Waals surface area contributed by atoms with Gasteiger partial charge in [0.05, 0.1) is 6.61 Å². The Balaban J connectivity index is 2.02. The van der Waals surface area contributed by atoms with Crippen molar-refractivity contribution in [2.75, 3.05) is 39.5 Å². The Morgan fingerprint density at radius 3 is 2.38 bits per heavy atom. The van der Waals surface area contributed by atoms with E-state index in [4.69, 9.17) is 5.11 Å². The van der Waals surface area contributed by atoms with Crippen LogP contribution in [0.3, 0.4) is 0 Å². The van der Waals surface area contributed by atoms with E-state index in [2.05, 4.69) is 9.64 Å². The first kappa shape index (κ1) is 13.7. The van der Waals surface area contributed by atoms with E-state index in [0.29, 0.717) is 12.5 Å². The molecule has 0 aromatic heterocycles. The Kier molecular flexibility index (Phi) is 5.51. The zero-order chi connectivity index (χ0) is 12.0. The predicted molar refractivity (Wildman–Crippen MR) is 53.1 cm³/mol. The molecule has 6 heteroatoms. The van der Waals surface area contributed by atoms with E-state index in [1.165, 1.54) is 0 Å². The minimum absolute atomic E-state index is 0.114.